The lowest BCUT2D eigenvalue weighted by Gasteiger charge is -2.23. The van der Waals surface area contributed by atoms with E-state index in [1.165, 1.54) is 4.90 Å². The maximum atomic E-state index is 14.5. The number of carbonyl (C=O) groups excluding carboxylic acids is 6. The van der Waals surface area contributed by atoms with E-state index in [0.717, 1.165) is 106 Å². The average molecular weight is 1020 g/mol. The molecule has 0 spiro atoms. The molecule has 10 heterocycles. The van der Waals surface area contributed by atoms with Crippen LogP contribution in [0.2, 0.25) is 0 Å². The molecule has 8 atom stereocenters. The smallest absolute Gasteiger partial charge is 0.407 e. The minimum atomic E-state index is -0.405. The van der Waals surface area contributed by atoms with E-state index in [9.17, 15) is 28.8 Å². The highest BCUT2D eigenvalue weighted by Crippen LogP contribution is 2.58. The molecule has 6 unspecified atom stereocenters. The summed E-state index contributed by atoms with van der Waals surface area (Å²) in [5, 5.41) is 15.6. The molecule has 2 aliphatic carbocycles. The molecular formula is C60H40N8O9. The van der Waals surface area contributed by atoms with E-state index in [4.69, 9.17) is 14.2 Å². The lowest BCUT2D eigenvalue weighted by atomic mass is 9.96. The number of nitrogens with zero attached hydrogens (tertiary/aromatic N) is 5. The number of benzene rings is 7. The Morgan fingerprint density at radius 2 is 0.831 bits per heavy atom. The second-order valence-electron chi connectivity index (χ2n) is 21.6. The van der Waals surface area contributed by atoms with Gasteiger partial charge in [0.15, 0.2) is 0 Å². The lowest BCUT2D eigenvalue weighted by Crippen LogP contribution is -2.36. The van der Waals surface area contributed by atoms with Gasteiger partial charge in [0.1, 0.15) is 18.0 Å². The van der Waals surface area contributed by atoms with Gasteiger partial charge in [0, 0.05) is 65.2 Å². The highest BCUT2D eigenvalue weighted by Gasteiger charge is 2.57. The predicted molar refractivity (Wildman–Crippen MR) is 284 cm³/mol. The van der Waals surface area contributed by atoms with E-state index in [-0.39, 0.29) is 78.6 Å². The number of aromatic nitrogens is 4. The van der Waals surface area contributed by atoms with E-state index in [0.29, 0.717) is 28.0 Å². The molecule has 0 radical (unpaired) electrons. The first-order valence-corrected chi connectivity index (χ1v) is 26.0. The Balaban J connectivity index is 0.000000124. The van der Waals surface area contributed by atoms with E-state index in [1.54, 1.807) is 7.11 Å². The van der Waals surface area contributed by atoms with Gasteiger partial charge in [0.2, 0.25) is 0 Å². The summed E-state index contributed by atoms with van der Waals surface area (Å²) in [5.74, 6) is -0.584. The number of nitrogens with one attached hydrogen (secondary N) is 3. The Bertz CT molecular complexity index is 4470. The molecule has 374 valence electrons. The van der Waals surface area contributed by atoms with Gasteiger partial charge >= 0.3 is 12.2 Å². The van der Waals surface area contributed by atoms with Crippen molar-refractivity contribution in [3.05, 3.63) is 149 Å². The van der Waals surface area contributed by atoms with Gasteiger partial charge in [-0.2, -0.15) is 0 Å². The summed E-state index contributed by atoms with van der Waals surface area (Å²) in [5.41, 5.74) is 10.3. The fraction of sp³-hybridized carbons (Fsp3) is 0.200. The number of rotatable bonds is 3. The summed E-state index contributed by atoms with van der Waals surface area (Å²) in [7, 11) is 1.61. The molecule has 4 fully saturated rings. The van der Waals surface area contributed by atoms with Crippen molar-refractivity contribution in [1.82, 2.24) is 39.1 Å². The summed E-state index contributed by atoms with van der Waals surface area (Å²) in [6, 6.07) is 38.9. The van der Waals surface area contributed by atoms with Crippen LogP contribution >= 0.6 is 0 Å². The molecule has 7 aromatic carbocycles. The molecule has 17 nitrogen and oxygen atoms in total. The molecule has 8 aliphatic rings. The lowest BCUT2D eigenvalue weighted by molar-refractivity contribution is 0.0642. The van der Waals surface area contributed by atoms with Gasteiger partial charge in [-0.15, -0.1) is 0 Å². The third-order valence-corrected chi connectivity index (χ3v) is 18.3. The van der Waals surface area contributed by atoms with Crippen molar-refractivity contribution in [2.75, 3.05) is 7.11 Å². The van der Waals surface area contributed by atoms with E-state index in [1.807, 2.05) is 103 Å². The number of ether oxygens (including phenoxy) is 3. The van der Waals surface area contributed by atoms with Gasteiger partial charge in [0.25, 0.3) is 23.6 Å². The van der Waals surface area contributed by atoms with Gasteiger partial charge in [-0.05, 0) is 54.8 Å². The van der Waals surface area contributed by atoms with Crippen molar-refractivity contribution in [1.29, 1.82) is 0 Å². The molecule has 11 aromatic rings. The Labute approximate surface area is 433 Å². The van der Waals surface area contributed by atoms with Crippen molar-refractivity contribution >= 4 is 123 Å². The van der Waals surface area contributed by atoms with E-state index < -0.39 is 12.2 Å². The first kappa shape index (κ1) is 41.7. The van der Waals surface area contributed by atoms with Crippen molar-refractivity contribution in [3.63, 3.8) is 0 Å². The van der Waals surface area contributed by atoms with Crippen LogP contribution in [0.15, 0.2) is 121 Å². The molecule has 6 aliphatic heterocycles. The van der Waals surface area contributed by atoms with Crippen LogP contribution in [-0.2, 0) is 16.0 Å². The van der Waals surface area contributed by atoms with Crippen molar-refractivity contribution in [2.24, 2.45) is 0 Å². The van der Waals surface area contributed by atoms with Crippen LogP contribution in [-0.4, -0.2) is 90.4 Å². The quantitative estimate of drug-likeness (QED) is 0.145. The maximum absolute atomic E-state index is 14.5. The number of para-hydroxylation sites is 4. The summed E-state index contributed by atoms with van der Waals surface area (Å²) in [6.45, 7) is 0.159. The molecule has 77 heavy (non-hydrogen) atoms. The molecule has 6 amide bonds. The topological polar surface area (TPSA) is 189 Å². The molecular weight excluding hydrogens is 977 g/mol. The minimum Gasteiger partial charge on any atom is -0.497 e. The number of alkyl carbamates (subject to hydrolysis) is 2. The zero-order chi connectivity index (χ0) is 51.2. The van der Waals surface area contributed by atoms with Crippen LogP contribution in [0, 0.1) is 0 Å². The predicted octanol–water partition coefficient (Wildman–Crippen LogP) is 9.45. The number of hydrogen-bond donors (Lipinski definition) is 3. The third kappa shape index (κ3) is 4.84. The Morgan fingerprint density at radius 1 is 0.468 bits per heavy atom. The second-order valence-corrected chi connectivity index (χ2v) is 21.6. The number of fused-ring (bicyclic) bond motifs is 22. The van der Waals surface area contributed by atoms with E-state index >= 15 is 0 Å². The monoisotopic (exact) mass is 1020 g/mol. The van der Waals surface area contributed by atoms with Crippen LogP contribution < -0.4 is 20.7 Å². The molecule has 4 bridgehead atoms. The Morgan fingerprint density at radius 3 is 1.22 bits per heavy atom. The average Bonchev–Trinajstić information content (AvgIpc) is 3.99. The maximum Gasteiger partial charge on any atom is 0.407 e. The summed E-state index contributed by atoms with van der Waals surface area (Å²) >= 11 is 0. The molecule has 4 aromatic heterocycles. The molecule has 17 heteroatoms. The summed E-state index contributed by atoms with van der Waals surface area (Å²) in [4.78, 5) is 81.6. The minimum absolute atomic E-state index is 0.0380. The number of imide groups is 2. The highest BCUT2D eigenvalue weighted by atomic mass is 16.6. The molecule has 2 saturated carbocycles. The number of hydrogen-bond acceptors (Lipinski definition) is 9. The van der Waals surface area contributed by atoms with Crippen LogP contribution in [0.3, 0.4) is 0 Å². The number of carbonyl (C=O) groups is 6. The summed E-state index contributed by atoms with van der Waals surface area (Å²) in [6.07, 6.45) is 0.0624. The molecule has 19 rings (SSSR count). The van der Waals surface area contributed by atoms with Gasteiger partial charge in [-0.1, -0.05) is 84.9 Å². The van der Waals surface area contributed by atoms with Gasteiger partial charge in [-0.25, -0.2) is 9.59 Å². The van der Waals surface area contributed by atoms with Crippen LogP contribution in [0.4, 0.5) is 9.59 Å². The third-order valence-electron chi connectivity index (χ3n) is 18.3. The van der Waals surface area contributed by atoms with Crippen LogP contribution in [0.5, 0.6) is 5.75 Å². The van der Waals surface area contributed by atoms with E-state index in [2.05, 4.69) is 52.4 Å². The number of amides is 6. The zero-order valence-corrected chi connectivity index (χ0v) is 40.7. The molecule has 2 saturated heterocycles. The summed E-state index contributed by atoms with van der Waals surface area (Å²) < 4.78 is 26.2. The second kappa shape index (κ2) is 14.0. The van der Waals surface area contributed by atoms with Crippen LogP contribution in [0.1, 0.15) is 84.0 Å². The fourth-order valence-electron chi connectivity index (χ4n) is 15.7. The zero-order valence-electron chi connectivity index (χ0n) is 40.7. The largest absolute Gasteiger partial charge is 0.497 e. The van der Waals surface area contributed by atoms with Crippen molar-refractivity contribution in [3.8, 4) is 5.75 Å². The number of methoxy groups -OCH3 is 1. The van der Waals surface area contributed by atoms with Crippen LogP contribution in [0.25, 0.3) is 87.2 Å². The normalized spacial score (nSPS) is 24.8. The first-order valence-electron chi connectivity index (χ1n) is 26.0. The van der Waals surface area contributed by atoms with Crippen molar-refractivity contribution in [2.45, 2.75) is 67.8 Å². The standard InChI is InChI=1S/C34H24N4O5.C26H16N4O4/c1-42-17-12-10-16(11-13-17)15-36-32(39)26-24-18-6-2-4-8-20(18)37-22-14-23(31-28(22)35-34(41)43-31)38-21-9-5-3-7-19(21)25(27(26)33(36)40)30(38)29(24)37;31-24-18-16-10-5-1-3-7-12(10)29-14-9-15(23-20(14)27-26(33)34-23)30-13-8-4-2-6-11(13)17(22(30)21(16)29)19(18)25(32)28-24/h2-13,22-23,28,31H,14-15H2,1H3,(H,35,41);1-8,14-15,20,23H,9H2,(H,27,33)(H,28,31,32)/t22?,23?,28?,31-;14?,15?,20?,23-/m11/s1. The van der Waals surface area contributed by atoms with Gasteiger partial charge in [0.05, 0.1) is 94.2 Å². The first-order chi connectivity index (χ1) is 37.7. The van der Waals surface area contributed by atoms with Gasteiger partial charge in [-0.3, -0.25) is 29.4 Å². The van der Waals surface area contributed by atoms with Gasteiger partial charge < -0.3 is 43.1 Å². The Hall–Kier alpha value is -9.64. The Kier molecular flexibility index (Phi) is 7.57. The SMILES string of the molecule is COc1ccc(CN2C(=O)c3c(c4c5ccccc5n5c4c4c3c3ccccc3n4C3CC5[C@H]4OC(=O)NC34)C2=O)cc1.O=C1NC2C3CC([C@H]2O1)n1c2ccccc2c2c4c(c5c6ccccc6n3c5c21)C(=O)NC4=O. The highest BCUT2D eigenvalue weighted by molar-refractivity contribution is 6.41. The molecule has 3 N–H and O–H groups in total. The van der Waals surface area contributed by atoms with Crippen molar-refractivity contribution < 1.29 is 43.0 Å². The fourth-order valence-corrected chi connectivity index (χ4v) is 15.7.